The van der Waals surface area contributed by atoms with Crippen molar-refractivity contribution < 1.29 is 41.3 Å². The summed E-state index contributed by atoms with van der Waals surface area (Å²) in [5.41, 5.74) is 0. The van der Waals surface area contributed by atoms with Crippen molar-refractivity contribution >= 4 is 51.9 Å². The van der Waals surface area contributed by atoms with Gasteiger partial charge < -0.3 is 14.6 Å². The van der Waals surface area contributed by atoms with Crippen LogP contribution in [0.5, 0.6) is 0 Å². The number of unbranched alkanes of at least 4 members (excludes halogenated alkanes) is 24. The van der Waals surface area contributed by atoms with Crippen LogP contribution >= 0.6 is 0 Å². The molecule has 0 atom stereocenters. The van der Waals surface area contributed by atoms with Crippen LogP contribution in [-0.2, 0) is 33.6 Å². The fourth-order valence-corrected chi connectivity index (χ4v) is 5.60. The van der Waals surface area contributed by atoms with Crippen LogP contribution in [0.15, 0.2) is 0 Å². The third kappa shape index (κ3) is 45.8. The van der Waals surface area contributed by atoms with Gasteiger partial charge in [-0.05, 0) is 19.9 Å². The summed E-state index contributed by atoms with van der Waals surface area (Å²) in [5, 5.41) is 9.23. The summed E-state index contributed by atoms with van der Waals surface area (Å²) < 4.78 is 40.8. The second-order valence-corrected chi connectivity index (χ2v) is 14.7. The van der Waals surface area contributed by atoms with Gasteiger partial charge in [-0.25, -0.2) is 0 Å². The predicted molar refractivity (Wildman–Crippen MR) is 205 cm³/mol. The van der Waals surface area contributed by atoms with Crippen molar-refractivity contribution in [2.75, 3.05) is 33.9 Å². The van der Waals surface area contributed by atoms with E-state index in [1.54, 1.807) is 0 Å². The first-order valence-corrected chi connectivity index (χ1v) is 21.2. The Morgan fingerprint density at radius 2 is 0.840 bits per heavy atom. The average molecular weight is 747 g/mol. The summed E-state index contributed by atoms with van der Waals surface area (Å²) in [4.78, 5) is 26.8. The summed E-state index contributed by atoms with van der Waals surface area (Å²) >= 11 is 0. The molecular weight excluding hydrogens is 669 g/mol. The van der Waals surface area contributed by atoms with Crippen molar-refractivity contribution in [3.63, 3.8) is 0 Å². The number of carbonyl (C=O) groups excluding carboxylic acids is 2. The van der Waals surface area contributed by atoms with Gasteiger partial charge in [0.1, 0.15) is 0 Å². The van der Waals surface area contributed by atoms with E-state index in [1.807, 2.05) is 11.9 Å². The van der Waals surface area contributed by atoms with Crippen molar-refractivity contribution in [2.24, 2.45) is 0 Å². The third-order valence-electron chi connectivity index (χ3n) is 8.65. The Kier molecular flexibility index (Phi) is 44.9. The fraction of sp³-hybridized carbons (Fsp3) is 0.947. The SMILES string of the molecule is CCCCCCCCCCCCCCCC(=O)OC(CN(C)CCO)OC(=O)CCCCCCCCCCCCCCC.COS(=O)(=O)O.[Na]. The number of hydrogen-bond acceptors (Lipinski definition) is 9. The summed E-state index contributed by atoms with van der Waals surface area (Å²) in [6, 6.07) is 0. The van der Waals surface area contributed by atoms with Crippen molar-refractivity contribution in [3.8, 4) is 0 Å². The van der Waals surface area contributed by atoms with E-state index < -0.39 is 16.7 Å². The number of esters is 2. The van der Waals surface area contributed by atoms with Crippen LogP contribution in [0.2, 0.25) is 0 Å². The maximum atomic E-state index is 12.5. The second-order valence-electron chi connectivity index (χ2n) is 13.5. The first-order chi connectivity index (χ1) is 23.6. The minimum atomic E-state index is -4.16. The van der Waals surface area contributed by atoms with Crippen LogP contribution in [0.25, 0.3) is 0 Å². The molecule has 0 aliphatic rings. The molecule has 0 spiro atoms. The van der Waals surface area contributed by atoms with Gasteiger partial charge in [-0.15, -0.1) is 0 Å². The Labute approximate surface area is 330 Å². The van der Waals surface area contributed by atoms with Crippen LogP contribution in [0.4, 0.5) is 0 Å². The maximum Gasteiger partial charge on any atom is 0.397 e. The fourth-order valence-electron chi connectivity index (χ4n) is 5.60. The van der Waals surface area contributed by atoms with Gasteiger partial charge in [-0.1, -0.05) is 168 Å². The van der Waals surface area contributed by atoms with E-state index in [0.29, 0.717) is 19.4 Å². The predicted octanol–water partition coefficient (Wildman–Crippen LogP) is 9.34. The van der Waals surface area contributed by atoms with E-state index in [1.165, 1.54) is 128 Å². The number of nitrogens with zero attached hydrogens (tertiary/aromatic N) is 1. The molecule has 295 valence electrons. The molecule has 0 saturated carbocycles. The molecule has 0 saturated heterocycles. The number of carbonyl (C=O) groups is 2. The van der Waals surface area contributed by atoms with Crippen molar-refractivity contribution in [1.29, 1.82) is 0 Å². The molecule has 50 heavy (non-hydrogen) atoms. The van der Waals surface area contributed by atoms with Gasteiger partial charge in [0.25, 0.3) is 6.29 Å². The van der Waals surface area contributed by atoms with Gasteiger partial charge in [-0.3, -0.25) is 23.2 Å². The van der Waals surface area contributed by atoms with Crippen molar-refractivity contribution in [3.05, 3.63) is 0 Å². The summed E-state index contributed by atoms with van der Waals surface area (Å²) in [7, 11) is -1.47. The van der Waals surface area contributed by atoms with Gasteiger partial charge in [-0.2, -0.15) is 8.42 Å². The molecule has 0 heterocycles. The largest absolute Gasteiger partial charge is 0.424 e. The van der Waals surface area contributed by atoms with Gasteiger partial charge in [0.05, 0.1) is 20.3 Å². The van der Waals surface area contributed by atoms with E-state index in [4.69, 9.17) is 14.0 Å². The number of hydrogen-bond donors (Lipinski definition) is 2. The topological polar surface area (TPSA) is 140 Å². The molecule has 0 bridgehead atoms. The average Bonchev–Trinajstić information content (AvgIpc) is 3.05. The van der Waals surface area contributed by atoms with Crippen LogP contribution in [0.1, 0.15) is 194 Å². The van der Waals surface area contributed by atoms with Crippen LogP contribution < -0.4 is 0 Å². The third-order valence-corrected chi connectivity index (χ3v) is 9.07. The quantitative estimate of drug-likeness (QED) is 0.0212. The molecule has 0 amide bonds. The molecule has 1 radical (unpaired) electrons. The minimum absolute atomic E-state index is 0. The first-order valence-electron chi connectivity index (χ1n) is 19.8. The number of likely N-dealkylation sites (N-methyl/N-ethyl adjacent to an activating group) is 1. The number of rotatable bonds is 35. The van der Waals surface area contributed by atoms with Gasteiger partial charge in [0.15, 0.2) is 0 Å². The van der Waals surface area contributed by atoms with E-state index >= 15 is 0 Å². The van der Waals surface area contributed by atoms with Crippen molar-refractivity contribution in [1.82, 2.24) is 4.90 Å². The Bertz CT molecular complexity index is 789. The molecule has 0 aliphatic heterocycles. The molecule has 12 heteroatoms. The summed E-state index contributed by atoms with van der Waals surface area (Å²) in [6.45, 7) is 5.23. The molecule has 0 unspecified atom stereocenters. The number of aliphatic hydroxyl groups is 1. The van der Waals surface area contributed by atoms with Crippen LogP contribution in [-0.4, -0.2) is 105 Å². The Hall–Kier alpha value is -0.270. The Morgan fingerprint density at radius 3 is 1.08 bits per heavy atom. The molecule has 0 fully saturated rings. The molecule has 0 aromatic heterocycles. The van der Waals surface area contributed by atoms with E-state index in [2.05, 4.69) is 18.0 Å². The Morgan fingerprint density at radius 1 is 0.580 bits per heavy atom. The zero-order chi connectivity index (χ0) is 36.9. The first kappa shape index (κ1) is 54.1. The smallest absolute Gasteiger partial charge is 0.397 e. The minimum Gasteiger partial charge on any atom is -0.424 e. The Balaban J connectivity index is -0.00000287. The van der Waals surface area contributed by atoms with Gasteiger partial charge >= 0.3 is 22.3 Å². The standard InChI is InChI=1S/C37H73NO5.CH4O4S.Na/c1-4-6-8-10-12-14-16-18-20-22-24-26-28-30-35(40)42-37(34-38(3)32-33-39)43-36(41)31-29-27-25-23-21-19-17-15-13-11-9-7-5-2;1-5-6(2,3)4;/h37,39H,4-34H2,1-3H3;1H3,(H,2,3,4);. The summed E-state index contributed by atoms with van der Waals surface area (Å²) in [5.74, 6) is -0.613. The molecular formula is C38H77NNaO9S. The molecule has 2 N–H and O–H groups in total. The molecule has 0 aromatic carbocycles. The van der Waals surface area contributed by atoms with E-state index in [0.717, 1.165) is 45.6 Å². The van der Waals surface area contributed by atoms with E-state index in [-0.39, 0.29) is 54.6 Å². The molecule has 0 rings (SSSR count). The van der Waals surface area contributed by atoms with Crippen LogP contribution in [0, 0.1) is 0 Å². The monoisotopic (exact) mass is 747 g/mol. The normalized spacial score (nSPS) is 11.3. The maximum absolute atomic E-state index is 12.5. The van der Waals surface area contributed by atoms with Gasteiger partial charge in [0.2, 0.25) is 0 Å². The van der Waals surface area contributed by atoms with Crippen LogP contribution in [0.3, 0.4) is 0 Å². The second kappa shape index (κ2) is 41.5. The number of aliphatic hydroxyl groups excluding tert-OH is 1. The zero-order valence-corrected chi connectivity index (χ0v) is 35.9. The molecule has 0 aliphatic carbocycles. The van der Waals surface area contributed by atoms with Gasteiger partial charge in [0, 0.05) is 48.9 Å². The summed E-state index contributed by atoms with van der Waals surface area (Å²) in [6.07, 6.45) is 32.6. The number of ether oxygens (including phenoxy) is 2. The van der Waals surface area contributed by atoms with E-state index in [9.17, 15) is 23.1 Å². The molecule has 0 aromatic rings. The zero-order valence-electron chi connectivity index (χ0n) is 33.1. The van der Waals surface area contributed by atoms with Crippen molar-refractivity contribution in [2.45, 2.75) is 200 Å². The molecule has 10 nitrogen and oxygen atoms in total.